The molecule has 0 aliphatic heterocycles. The first-order valence-electron chi connectivity index (χ1n) is 4.90. The maximum atomic E-state index is 2.62. The monoisotopic (exact) mass is 217 g/mol. The van der Waals surface area contributed by atoms with Gasteiger partial charge in [0.1, 0.15) is 0 Å². The van der Waals surface area contributed by atoms with Crippen molar-refractivity contribution in [1.29, 1.82) is 0 Å². The second-order valence-corrected chi connectivity index (χ2v) is 15.2. The molecule has 0 bridgehead atoms. The molecule has 0 aliphatic rings. The van der Waals surface area contributed by atoms with E-state index in [0.717, 1.165) is 0 Å². The molecule has 1 radical (unpaired) electrons. The van der Waals surface area contributed by atoms with Gasteiger partial charge in [0.05, 0.1) is 0 Å². The SMILES string of the molecule is CCCCCC[CH][Ge]([CH3])([CH3])[CH3]. The molecule has 1 heteroatoms. The summed E-state index contributed by atoms with van der Waals surface area (Å²) >= 11 is -1.29. The van der Waals surface area contributed by atoms with Crippen molar-refractivity contribution in [3.8, 4) is 0 Å². The second kappa shape index (κ2) is 6.10. The van der Waals surface area contributed by atoms with Crippen molar-refractivity contribution in [1.82, 2.24) is 0 Å². The van der Waals surface area contributed by atoms with Crippen LogP contribution in [0.1, 0.15) is 39.0 Å². The first kappa shape index (κ1) is 11.5. The van der Waals surface area contributed by atoms with E-state index in [0.29, 0.717) is 0 Å². The molecule has 0 heterocycles. The van der Waals surface area contributed by atoms with Crippen LogP contribution in [0.3, 0.4) is 0 Å². The Balaban J connectivity index is 3.02. The summed E-state index contributed by atoms with van der Waals surface area (Å²) < 4.78 is 0. The van der Waals surface area contributed by atoms with Gasteiger partial charge in [0, 0.05) is 0 Å². The predicted molar refractivity (Wildman–Crippen MR) is 56.4 cm³/mol. The summed E-state index contributed by atoms with van der Waals surface area (Å²) in [5.74, 6) is 7.37. The normalized spacial score (nSPS) is 12.0. The molecule has 0 nitrogen and oxygen atoms in total. The van der Waals surface area contributed by atoms with Crippen molar-refractivity contribution >= 4 is 13.3 Å². The fourth-order valence-electron chi connectivity index (χ4n) is 1.11. The van der Waals surface area contributed by atoms with Gasteiger partial charge >= 0.3 is 74.8 Å². The van der Waals surface area contributed by atoms with Crippen LogP contribution in [0.4, 0.5) is 0 Å². The first-order valence-corrected chi connectivity index (χ1v) is 12.4. The summed E-state index contributed by atoms with van der Waals surface area (Å²) in [6.45, 7) is 2.27. The number of unbranched alkanes of at least 4 members (excludes halogenated alkanes) is 4. The van der Waals surface area contributed by atoms with E-state index in [1.54, 1.807) is 0 Å². The molecule has 0 rings (SSSR count). The minimum atomic E-state index is -1.29. The molecule has 0 aromatic carbocycles. The van der Waals surface area contributed by atoms with Gasteiger partial charge < -0.3 is 0 Å². The van der Waals surface area contributed by atoms with Gasteiger partial charge in [0.15, 0.2) is 0 Å². The standard InChI is InChI=1S/C10H23Ge/c1-5-6-7-8-9-10-11(2,3)4/h10H,5-9H2,1-4H3. The average Bonchev–Trinajstić information content (AvgIpc) is 1.85. The molecule has 0 aliphatic carbocycles. The maximum absolute atomic E-state index is 2.62. The molecule has 67 valence electrons. The molecule has 0 atom stereocenters. The van der Waals surface area contributed by atoms with Crippen LogP contribution in [0.2, 0.25) is 17.3 Å². The Labute approximate surface area is 75.1 Å². The molecule has 0 unspecified atom stereocenters. The third-order valence-electron chi connectivity index (χ3n) is 1.81. The van der Waals surface area contributed by atoms with Crippen LogP contribution in [0.15, 0.2) is 0 Å². The van der Waals surface area contributed by atoms with Gasteiger partial charge in [-0.2, -0.15) is 0 Å². The predicted octanol–water partition coefficient (Wildman–Crippen LogP) is 4.04. The zero-order chi connectivity index (χ0) is 8.74. The van der Waals surface area contributed by atoms with E-state index >= 15 is 0 Å². The van der Waals surface area contributed by atoms with Gasteiger partial charge in [-0.1, -0.05) is 0 Å². The second-order valence-electron chi connectivity index (χ2n) is 4.42. The van der Waals surface area contributed by atoms with Gasteiger partial charge in [-0.05, 0) is 0 Å². The summed E-state index contributed by atoms with van der Waals surface area (Å²) in [5, 5.41) is 2.62. The Bertz CT molecular complexity index is 81.4. The Kier molecular flexibility index (Phi) is 6.40. The van der Waals surface area contributed by atoms with E-state index in [2.05, 4.69) is 29.4 Å². The van der Waals surface area contributed by atoms with Crippen LogP contribution >= 0.6 is 0 Å². The summed E-state index contributed by atoms with van der Waals surface area (Å²) in [6, 6.07) is 0. The van der Waals surface area contributed by atoms with E-state index in [4.69, 9.17) is 0 Å². The van der Waals surface area contributed by atoms with Gasteiger partial charge in [-0.15, -0.1) is 0 Å². The molecule has 0 saturated carbocycles. The van der Waals surface area contributed by atoms with Crippen LogP contribution in [0.5, 0.6) is 0 Å². The summed E-state index contributed by atoms with van der Waals surface area (Å²) in [4.78, 5) is 0. The Morgan fingerprint density at radius 1 is 1.00 bits per heavy atom. The number of hydrogen-bond acceptors (Lipinski definition) is 0. The Morgan fingerprint density at radius 2 is 1.64 bits per heavy atom. The molecule has 0 amide bonds. The van der Waals surface area contributed by atoms with Crippen molar-refractivity contribution < 1.29 is 0 Å². The van der Waals surface area contributed by atoms with E-state index < -0.39 is 13.3 Å². The van der Waals surface area contributed by atoms with Crippen molar-refractivity contribution in [2.24, 2.45) is 0 Å². The van der Waals surface area contributed by atoms with Crippen molar-refractivity contribution in [2.45, 2.75) is 56.3 Å². The van der Waals surface area contributed by atoms with E-state index in [1.807, 2.05) is 0 Å². The Hall–Kier alpha value is 0.543. The topological polar surface area (TPSA) is 0 Å². The quantitative estimate of drug-likeness (QED) is 0.464. The summed E-state index contributed by atoms with van der Waals surface area (Å²) in [7, 11) is 0. The minimum absolute atomic E-state index is 1.29. The fraction of sp³-hybridized carbons (Fsp3) is 0.900. The summed E-state index contributed by atoms with van der Waals surface area (Å²) in [5.41, 5.74) is 0. The molecule has 0 fully saturated rings. The number of hydrogen-bond donors (Lipinski definition) is 0. The molecule has 0 aromatic heterocycles. The Morgan fingerprint density at radius 3 is 2.09 bits per heavy atom. The van der Waals surface area contributed by atoms with E-state index in [1.165, 1.54) is 32.1 Å². The third kappa shape index (κ3) is 10.5. The van der Waals surface area contributed by atoms with Crippen LogP contribution < -0.4 is 0 Å². The van der Waals surface area contributed by atoms with Crippen molar-refractivity contribution in [3.05, 3.63) is 5.25 Å². The number of rotatable bonds is 6. The molecule has 11 heavy (non-hydrogen) atoms. The average molecular weight is 216 g/mol. The molecule has 0 spiro atoms. The zero-order valence-electron chi connectivity index (χ0n) is 8.61. The summed E-state index contributed by atoms with van der Waals surface area (Å²) in [6.07, 6.45) is 7.02. The first-order chi connectivity index (χ1) is 5.06. The van der Waals surface area contributed by atoms with Crippen LogP contribution in [0, 0.1) is 5.25 Å². The van der Waals surface area contributed by atoms with Crippen molar-refractivity contribution in [3.63, 3.8) is 0 Å². The zero-order valence-corrected chi connectivity index (χ0v) is 10.7. The molecular formula is C10H23Ge. The van der Waals surface area contributed by atoms with Crippen LogP contribution in [-0.4, -0.2) is 13.3 Å². The van der Waals surface area contributed by atoms with Gasteiger partial charge in [-0.25, -0.2) is 0 Å². The van der Waals surface area contributed by atoms with Crippen LogP contribution in [-0.2, 0) is 0 Å². The molecular weight excluding hydrogens is 193 g/mol. The molecule has 0 N–H and O–H groups in total. The van der Waals surface area contributed by atoms with E-state index in [-0.39, 0.29) is 0 Å². The van der Waals surface area contributed by atoms with Crippen LogP contribution in [0.25, 0.3) is 0 Å². The van der Waals surface area contributed by atoms with Gasteiger partial charge in [0.25, 0.3) is 0 Å². The van der Waals surface area contributed by atoms with E-state index in [9.17, 15) is 0 Å². The fourth-order valence-corrected chi connectivity index (χ4v) is 3.35. The molecule has 0 saturated heterocycles. The van der Waals surface area contributed by atoms with Crippen molar-refractivity contribution in [2.75, 3.05) is 0 Å². The van der Waals surface area contributed by atoms with Gasteiger partial charge in [0.2, 0.25) is 0 Å². The third-order valence-corrected chi connectivity index (χ3v) is 4.99. The van der Waals surface area contributed by atoms with Gasteiger partial charge in [-0.3, -0.25) is 0 Å². The molecule has 0 aromatic rings.